The van der Waals surface area contributed by atoms with Gasteiger partial charge in [-0.15, -0.1) is 0 Å². The van der Waals surface area contributed by atoms with Gasteiger partial charge in [0, 0.05) is 13.1 Å². The lowest BCUT2D eigenvalue weighted by Crippen LogP contribution is -2.18. The number of nitro groups is 1. The van der Waals surface area contributed by atoms with Gasteiger partial charge in [0.25, 0.3) is 5.69 Å². The highest BCUT2D eigenvalue weighted by atomic mass is 35.5. The summed E-state index contributed by atoms with van der Waals surface area (Å²) in [5.41, 5.74) is -0.107. The standard InChI is InChI=1S/C9H11ClFN3O2/c1-12-2-3-13-8-4-6(10)7(11)5-9(8)14(15)16/h4-5,12-13H,2-3H2,1H3. The summed E-state index contributed by atoms with van der Waals surface area (Å²) in [6, 6.07) is 2.02. The third kappa shape index (κ3) is 3.04. The summed E-state index contributed by atoms with van der Waals surface area (Å²) < 4.78 is 13.0. The molecule has 2 N–H and O–H groups in total. The Morgan fingerprint density at radius 3 is 2.75 bits per heavy atom. The molecule has 5 nitrogen and oxygen atoms in total. The zero-order chi connectivity index (χ0) is 12.1. The Morgan fingerprint density at radius 2 is 2.19 bits per heavy atom. The van der Waals surface area contributed by atoms with Gasteiger partial charge in [0.1, 0.15) is 11.5 Å². The molecule has 0 atom stereocenters. The molecular weight excluding hydrogens is 237 g/mol. The van der Waals surface area contributed by atoms with Crippen molar-refractivity contribution in [1.82, 2.24) is 5.32 Å². The molecule has 0 radical (unpaired) electrons. The lowest BCUT2D eigenvalue weighted by molar-refractivity contribution is -0.384. The number of hydrogen-bond acceptors (Lipinski definition) is 4. The monoisotopic (exact) mass is 247 g/mol. The van der Waals surface area contributed by atoms with Gasteiger partial charge >= 0.3 is 0 Å². The van der Waals surface area contributed by atoms with Crippen LogP contribution in [0.15, 0.2) is 12.1 Å². The van der Waals surface area contributed by atoms with Crippen molar-refractivity contribution in [3.63, 3.8) is 0 Å². The van der Waals surface area contributed by atoms with Crippen LogP contribution in [0.2, 0.25) is 5.02 Å². The van der Waals surface area contributed by atoms with E-state index in [4.69, 9.17) is 11.6 Å². The lowest BCUT2D eigenvalue weighted by atomic mass is 10.2. The van der Waals surface area contributed by atoms with Crippen LogP contribution in [0.4, 0.5) is 15.8 Å². The molecule has 0 aliphatic carbocycles. The number of likely N-dealkylation sites (N-methyl/N-ethyl adjacent to an activating group) is 1. The summed E-state index contributed by atoms with van der Waals surface area (Å²) in [7, 11) is 1.76. The summed E-state index contributed by atoms with van der Waals surface area (Å²) >= 11 is 5.55. The number of hydrogen-bond donors (Lipinski definition) is 2. The average Bonchev–Trinajstić information content (AvgIpc) is 2.23. The maximum atomic E-state index is 13.0. The minimum absolute atomic E-state index is 0.141. The van der Waals surface area contributed by atoms with Crippen molar-refractivity contribution in [2.45, 2.75) is 0 Å². The van der Waals surface area contributed by atoms with Gasteiger partial charge in [-0.1, -0.05) is 11.6 Å². The highest BCUT2D eigenvalue weighted by molar-refractivity contribution is 6.31. The van der Waals surface area contributed by atoms with Gasteiger partial charge < -0.3 is 10.6 Å². The van der Waals surface area contributed by atoms with Crippen LogP contribution in [0, 0.1) is 15.9 Å². The molecule has 1 aromatic carbocycles. The van der Waals surface area contributed by atoms with E-state index in [1.54, 1.807) is 7.05 Å². The molecule has 16 heavy (non-hydrogen) atoms. The molecule has 0 saturated heterocycles. The summed E-state index contributed by atoms with van der Waals surface area (Å²) in [6.07, 6.45) is 0. The zero-order valence-electron chi connectivity index (χ0n) is 8.59. The van der Waals surface area contributed by atoms with Crippen molar-refractivity contribution in [2.75, 3.05) is 25.5 Å². The average molecular weight is 248 g/mol. The van der Waals surface area contributed by atoms with E-state index < -0.39 is 10.7 Å². The lowest BCUT2D eigenvalue weighted by Gasteiger charge is -2.07. The Labute approximate surface area is 96.7 Å². The second-order valence-corrected chi connectivity index (χ2v) is 3.48. The first kappa shape index (κ1) is 12.7. The fourth-order valence-corrected chi connectivity index (χ4v) is 1.31. The molecule has 0 spiro atoms. The van der Waals surface area contributed by atoms with Crippen molar-refractivity contribution in [3.05, 3.63) is 33.1 Å². The van der Waals surface area contributed by atoms with Crippen molar-refractivity contribution in [1.29, 1.82) is 0 Å². The van der Waals surface area contributed by atoms with E-state index in [-0.39, 0.29) is 16.4 Å². The van der Waals surface area contributed by atoms with Gasteiger partial charge in [-0.05, 0) is 13.1 Å². The number of nitrogens with zero attached hydrogens (tertiary/aromatic N) is 1. The second-order valence-electron chi connectivity index (χ2n) is 3.07. The van der Waals surface area contributed by atoms with Gasteiger partial charge in [-0.2, -0.15) is 0 Å². The number of halogens is 2. The first-order chi connectivity index (χ1) is 7.56. The number of nitrogens with one attached hydrogen (secondary N) is 2. The molecular formula is C9H11ClFN3O2. The van der Waals surface area contributed by atoms with Crippen LogP contribution in [0.5, 0.6) is 0 Å². The fraction of sp³-hybridized carbons (Fsp3) is 0.333. The molecule has 0 aromatic heterocycles. The van der Waals surface area contributed by atoms with Gasteiger partial charge in [-0.3, -0.25) is 10.1 Å². The van der Waals surface area contributed by atoms with Crippen molar-refractivity contribution in [2.24, 2.45) is 0 Å². The Bertz CT molecular complexity index is 401. The first-order valence-electron chi connectivity index (χ1n) is 4.58. The van der Waals surface area contributed by atoms with E-state index >= 15 is 0 Å². The topological polar surface area (TPSA) is 67.2 Å². The Kier molecular flexibility index (Phi) is 4.45. The van der Waals surface area contributed by atoms with Gasteiger partial charge in [0.15, 0.2) is 0 Å². The third-order valence-corrected chi connectivity index (χ3v) is 2.22. The normalized spacial score (nSPS) is 10.2. The SMILES string of the molecule is CNCCNc1cc(Cl)c(F)cc1[N+](=O)[O-]. The molecule has 0 saturated carbocycles. The maximum absolute atomic E-state index is 13.0. The maximum Gasteiger partial charge on any atom is 0.295 e. The minimum atomic E-state index is -0.799. The molecule has 0 aliphatic rings. The summed E-state index contributed by atoms with van der Waals surface area (Å²) in [6.45, 7) is 1.12. The van der Waals surface area contributed by atoms with Crippen LogP contribution < -0.4 is 10.6 Å². The Balaban J connectivity index is 2.95. The molecule has 88 valence electrons. The van der Waals surface area contributed by atoms with Crippen molar-refractivity contribution >= 4 is 23.0 Å². The molecule has 0 bridgehead atoms. The molecule has 0 unspecified atom stereocenters. The van der Waals surface area contributed by atoms with Crippen LogP contribution in [0.1, 0.15) is 0 Å². The molecule has 0 aliphatic heterocycles. The van der Waals surface area contributed by atoms with E-state index in [1.165, 1.54) is 6.07 Å². The molecule has 0 heterocycles. The van der Waals surface area contributed by atoms with Crippen LogP contribution in [0.25, 0.3) is 0 Å². The number of anilines is 1. The van der Waals surface area contributed by atoms with Gasteiger partial charge in [0.05, 0.1) is 16.0 Å². The smallest absolute Gasteiger partial charge is 0.295 e. The van der Waals surface area contributed by atoms with Gasteiger partial charge in [0.2, 0.25) is 0 Å². The van der Waals surface area contributed by atoms with E-state index in [0.717, 1.165) is 6.07 Å². The van der Waals surface area contributed by atoms with Crippen LogP contribution in [0.3, 0.4) is 0 Å². The van der Waals surface area contributed by atoms with Crippen LogP contribution in [-0.2, 0) is 0 Å². The van der Waals surface area contributed by atoms with E-state index in [0.29, 0.717) is 13.1 Å². The number of benzene rings is 1. The number of nitro benzene ring substituents is 1. The number of rotatable bonds is 5. The van der Waals surface area contributed by atoms with Crippen LogP contribution in [-0.4, -0.2) is 25.1 Å². The van der Waals surface area contributed by atoms with E-state index in [2.05, 4.69) is 10.6 Å². The molecule has 1 rings (SSSR count). The molecule has 0 fully saturated rings. The Hall–Kier alpha value is -1.40. The Morgan fingerprint density at radius 1 is 1.50 bits per heavy atom. The molecule has 0 amide bonds. The summed E-state index contributed by atoms with van der Waals surface area (Å²) in [5.74, 6) is -0.799. The van der Waals surface area contributed by atoms with E-state index in [1.807, 2.05) is 0 Å². The zero-order valence-corrected chi connectivity index (χ0v) is 9.34. The van der Waals surface area contributed by atoms with E-state index in [9.17, 15) is 14.5 Å². The highest BCUT2D eigenvalue weighted by Gasteiger charge is 2.17. The third-order valence-electron chi connectivity index (χ3n) is 1.93. The van der Waals surface area contributed by atoms with Crippen LogP contribution >= 0.6 is 11.6 Å². The van der Waals surface area contributed by atoms with Gasteiger partial charge in [-0.25, -0.2) is 4.39 Å². The highest BCUT2D eigenvalue weighted by Crippen LogP contribution is 2.29. The molecule has 1 aromatic rings. The predicted octanol–water partition coefficient (Wildman–Crippen LogP) is 2.02. The second kappa shape index (κ2) is 5.62. The first-order valence-corrected chi connectivity index (χ1v) is 4.96. The quantitative estimate of drug-likeness (QED) is 0.475. The predicted molar refractivity (Wildman–Crippen MR) is 60.5 cm³/mol. The van der Waals surface area contributed by atoms with Crippen molar-refractivity contribution < 1.29 is 9.31 Å². The minimum Gasteiger partial charge on any atom is -0.378 e. The molecule has 7 heteroatoms. The summed E-state index contributed by atoms with van der Waals surface area (Å²) in [4.78, 5) is 10.0. The summed E-state index contributed by atoms with van der Waals surface area (Å²) in [5, 5.41) is 16.2. The van der Waals surface area contributed by atoms with Crippen molar-refractivity contribution in [3.8, 4) is 0 Å². The largest absolute Gasteiger partial charge is 0.378 e. The fourth-order valence-electron chi connectivity index (χ4n) is 1.15.